The molecule has 1 rings (SSSR count). The largest absolute Gasteiger partial charge is 0.310 e. The highest BCUT2D eigenvalue weighted by molar-refractivity contribution is 5.98. The highest BCUT2D eigenvalue weighted by Gasteiger charge is 2.10. The van der Waals surface area contributed by atoms with Crippen LogP contribution in [0.3, 0.4) is 0 Å². The second-order valence-corrected chi connectivity index (χ2v) is 3.76. The number of unbranched alkanes of at least 4 members (excludes halogenated alkanes) is 1. The van der Waals surface area contributed by atoms with E-state index in [0.29, 0.717) is 5.56 Å². The van der Waals surface area contributed by atoms with Crippen LogP contribution in [0.2, 0.25) is 0 Å². The van der Waals surface area contributed by atoms with Crippen molar-refractivity contribution in [3.63, 3.8) is 0 Å². The molecule has 0 aromatic heterocycles. The molecule has 0 amide bonds. The van der Waals surface area contributed by atoms with Crippen molar-refractivity contribution in [3.8, 4) is 0 Å². The van der Waals surface area contributed by atoms with E-state index in [-0.39, 0.29) is 18.0 Å². The van der Waals surface area contributed by atoms with Crippen molar-refractivity contribution in [3.05, 3.63) is 39.9 Å². The molecule has 0 aliphatic carbocycles. The van der Waals surface area contributed by atoms with Crippen molar-refractivity contribution in [2.45, 2.75) is 19.8 Å². The van der Waals surface area contributed by atoms with Gasteiger partial charge in [0.1, 0.15) is 0 Å². The van der Waals surface area contributed by atoms with Crippen LogP contribution in [0, 0.1) is 10.1 Å². The van der Waals surface area contributed by atoms with Crippen molar-refractivity contribution in [1.82, 2.24) is 5.32 Å². The molecule has 0 saturated carbocycles. The first-order valence-electron chi connectivity index (χ1n) is 5.63. The van der Waals surface area contributed by atoms with Gasteiger partial charge in [0.2, 0.25) is 0 Å². The zero-order chi connectivity index (χ0) is 12.7. The van der Waals surface area contributed by atoms with Gasteiger partial charge < -0.3 is 5.32 Å². The van der Waals surface area contributed by atoms with Crippen molar-refractivity contribution < 1.29 is 9.72 Å². The second-order valence-electron chi connectivity index (χ2n) is 3.76. The number of benzene rings is 1. The first-order valence-corrected chi connectivity index (χ1v) is 5.63. The minimum absolute atomic E-state index is 0.0515. The fourth-order valence-electron chi connectivity index (χ4n) is 1.40. The van der Waals surface area contributed by atoms with Crippen LogP contribution in [-0.4, -0.2) is 23.8 Å². The fraction of sp³-hybridized carbons (Fsp3) is 0.417. The zero-order valence-corrected chi connectivity index (χ0v) is 9.81. The molecule has 0 saturated heterocycles. The van der Waals surface area contributed by atoms with E-state index in [9.17, 15) is 14.9 Å². The van der Waals surface area contributed by atoms with Gasteiger partial charge in [0.25, 0.3) is 5.69 Å². The van der Waals surface area contributed by atoms with Gasteiger partial charge >= 0.3 is 0 Å². The van der Waals surface area contributed by atoms with Crippen molar-refractivity contribution in [2.24, 2.45) is 0 Å². The van der Waals surface area contributed by atoms with Crippen molar-refractivity contribution >= 4 is 11.5 Å². The molecule has 0 unspecified atom stereocenters. The first kappa shape index (κ1) is 13.3. The van der Waals surface area contributed by atoms with Crippen molar-refractivity contribution in [1.29, 1.82) is 0 Å². The number of carbonyl (C=O) groups is 1. The second kappa shape index (κ2) is 6.75. The van der Waals surface area contributed by atoms with Gasteiger partial charge in [0.05, 0.1) is 11.5 Å². The van der Waals surface area contributed by atoms with E-state index in [1.165, 1.54) is 18.2 Å². The maximum absolute atomic E-state index is 11.7. The summed E-state index contributed by atoms with van der Waals surface area (Å²) in [5, 5.41) is 13.6. The van der Waals surface area contributed by atoms with E-state index in [1.807, 2.05) is 0 Å². The van der Waals surface area contributed by atoms with Gasteiger partial charge in [0.15, 0.2) is 5.78 Å². The lowest BCUT2D eigenvalue weighted by molar-refractivity contribution is -0.384. The van der Waals surface area contributed by atoms with Gasteiger partial charge in [0, 0.05) is 17.7 Å². The lowest BCUT2D eigenvalue weighted by Gasteiger charge is -2.03. The van der Waals surface area contributed by atoms with Crippen LogP contribution in [0.25, 0.3) is 0 Å². The molecular weight excluding hydrogens is 220 g/mol. The summed E-state index contributed by atoms with van der Waals surface area (Å²) < 4.78 is 0. The number of ketones is 1. The fourth-order valence-corrected chi connectivity index (χ4v) is 1.40. The average molecular weight is 236 g/mol. The van der Waals surface area contributed by atoms with Crippen LogP contribution >= 0.6 is 0 Å². The maximum Gasteiger partial charge on any atom is 0.270 e. The van der Waals surface area contributed by atoms with Crippen LogP contribution < -0.4 is 5.32 Å². The van der Waals surface area contributed by atoms with E-state index < -0.39 is 4.92 Å². The third-order valence-corrected chi connectivity index (χ3v) is 2.37. The molecule has 0 heterocycles. The molecule has 17 heavy (non-hydrogen) atoms. The van der Waals surface area contributed by atoms with E-state index in [1.54, 1.807) is 6.07 Å². The summed E-state index contributed by atoms with van der Waals surface area (Å²) in [4.78, 5) is 21.8. The number of nitro groups is 1. The average Bonchev–Trinajstić information content (AvgIpc) is 2.34. The molecule has 92 valence electrons. The lowest BCUT2D eigenvalue weighted by Crippen LogP contribution is -2.23. The SMILES string of the molecule is CCCCNCC(=O)c1cccc([N+](=O)[O-])c1. The molecule has 0 spiro atoms. The number of non-ortho nitro benzene ring substituents is 1. The van der Waals surface area contributed by atoms with Gasteiger partial charge in [-0.1, -0.05) is 25.5 Å². The summed E-state index contributed by atoms with van der Waals surface area (Å²) in [5.74, 6) is -0.121. The van der Waals surface area contributed by atoms with Crippen LogP contribution in [0.15, 0.2) is 24.3 Å². The number of carbonyl (C=O) groups excluding carboxylic acids is 1. The highest BCUT2D eigenvalue weighted by Crippen LogP contribution is 2.13. The molecule has 1 aromatic rings. The van der Waals surface area contributed by atoms with Gasteiger partial charge in [-0.25, -0.2) is 0 Å². The molecule has 1 aromatic carbocycles. The van der Waals surface area contributed by atoms with Crippen molar-refractivity contribution in [2.75, 3.05) is 13.1 Å². The molecule has 0 aliphatic heterocycles. The Bertz CT molecular complexity index is 404. The molecule has 5 heteroatoms. The van der Waals surface area contributed by atoms with E-state index in [2.05, 4.69) is 12.2 Å². The summed E-state index contributed by atoms with van der Waals surface area (Å²) >= 11 is 0. The molecule has 0 bridgehead atoms. The molecular formula is C12H16N2O3. The normalized spacial score (nSPS) is 10.2. The van der Waals surface area contributed by atoms with Crippen LogP contribution in [0.4, 0.5) is 5.69 Å². The van der Waals surface area contributed by atoms with E-state index in [0.717, 1.165) is 19.4 Å². The third kappa shape index (κ3) is 4.32. The highest BCUT2D eigenvalue weighted by atomic mass is 16.6. The van der Waals surface area contributed by atoms with Gasteiger partial charge in [-0.15, -0.1) is 0 Å². The Kier molecular flexibility index (Phi) is 5.29. The molecule has 0 aliphatic rings. The van der Waals surface area contributed by atoms with Crippen LogP contribution in [0.1, 0.15) is 30.1 Å². The molecule has 1 N–H and O–H groups in total. The number of hydrogen-bond donors (Lipinski definition) is 1. The Hall–Kier alpha value is -1.75. The molecule has 5 nitrogen and oxygen atoms in total. The van der Waals surface area contributed by atoms with Crippen LogP contribution in [0.5, 0.6) is 0 Å². The summed E-state index contributed by atoms with van der Waals surface area (Å²) in [7, 11) is 0. The zero-order valence-electron chi connectivity index (χ0n) is 9.81. The Morgan fingerprint density at radius 3 is 2.88 bits per heavy atom. The van der Waals surface area contributed by atoms with Gasteiger partial charge in [-0.05, 0) is 13.0 Å². The quantitative estimate of drug-likeness (QED) is 0.341. The predicted molar refractivity (Wildman–Crippen MR) is 65.2 cm³/mol. The Morgan fingerprint density at radius 2 is 2.24 bits per heavy atom. The molecule has 0 atom stereocenters. The predicted octanol–water partition coefficient (Wildman–Crippen LogP) is 2.17. The standard InChI is InChI=1S/C12H16N2O3/c1-2-3-7-13-9-12(15)10-5-4-6-11(8-10)14(16)17/h4-6,8,13H,2-3,7,9H2,1H3. The third-order valence-electron chi connectivity index (χ3n) is 2.37. The van der Waals surface area contributed by atoms with Gasteiger partial charge in [-0.2, -0.15) is 0 Å². The number of Topliss-reactive ketones (excluding diaryl/α,β-unsaturated/α-hetero) is 1. The molecule has 0 fully saturated rings. The Labute approximate surface area is 100.0 Å². The maximum atomic E-state index is 11.7. The first-order chi connectivity index (χ1) is 8.15. The summed E-state index contributed by atoms with van der Waals surface area (Å²) in [6, 6.07) is 5.80. The Balaban J connectivity index is 2.56. The van der Waals surface area contributed by atoms with E-state index >= 15 is 0 Å². The number of rotatable bonds is 7. The summed E-state index contributed by atoms with van der Waals surface area (Å²) in [6.07, 6.45) is 2.08. The summed E-state index contributed by atoms with van der Waals surface area (Å²) in [5.41, 5.74) is 0.326. The Morgan fingerprint density at radius 1 is 1.47 bits per heavy atom. The smallest absolute Gasteiger partial charge is 0.270 e. The van der Waals surface area contributed by atoms with Crippen LogP contribution in [-0.2, 0) is 0 Å². The number of hydrogen-bond acceptors (Lipinski definition) is 4. The number of nitro benzene ring substituents is 1. The minimum Gasteiger partial charge on any atom is -0.310 e. The molecule has 0 radical (unpaired) electrons. The topological polar surface area (TPSA) is 72.2 Å². The van der Waals surface area contributed by atoms with Gasteiger partial charge in [-0.3, -0.25) is 14.9 Å². The minimum atomic E-state index is -0.499. The number of nitrogens with zero attached hydrogens (tertiary/aromatic N) is 1. The lowest BCUT2D eigenvalue weighted by atomic mass is 10.1. The van der Waals surface area contributed by atoms with E-state index in [4.69, 9.17) is 0 Å². The summed E-state index contributed by atoms with van der Waals surface area (Å²) in [6.45, 7) is 3.09. The number of nitrogens with one attached hydrogen (secondary N) is 1. The monoisotopic (exact) mass is 236 g/mol.